The molecular formula is C51H64N2O2S3. The van der Waals surface area contributed by atoms with Gasteiger partial charge in [0, 0.05) is 43.5 Å². The van der Waals surface area contributed by atoms with Crippen molar-refractivity contribution in [2.75, 3.05) is 6.54 Å². The summed E-state index contributed by atoms with van der Waals surface area (Å²) in [6.07, 6.45) is 22.5. The van der Waals surface area contributed by atoms with E-state index in [0.29, 0.717) is 29.6 Å². The van der Waals surface area contributed by atoms with Crippen LogP contribution in [0.3, 0.4) is 0 Å². The number of rotatable bonds is 24. The average Bonchev–Trinajstić information content (AvgIpc) is 4.09. The molecule has 1 unspecified atom stereocenters. The number of fused-ring (bicyclic) bond motifs is 4. The Balaban J connectivity index is 1.23. The predicted octanol–water partition coefficient (Wildman–Crippen LogP) is 16.8. The largest absolute Gasteiger partial charge is 0.337 e. The topological polar surface area (TPSA) is 42.3 Å². The summed E-state index contributed by atoms with van der Waals surface area (Å²) >= 11 is 5.01. The van der Waals surface area contributed by atoms with Crippen LogP contribution < -0.4 is 0 Å². The van der Waals surface area contributed by atoms with Crippen LogP contribution in [0.5, 0.6) is 0 Å². The Kier molecular flexibility index (Phi) is 15.2. The zero-order chi connectivity index (χ0) is 40.4. The minimum absolute atomic E-state index is 0.118. The van der Waals surface area contributed by atoms with E-state index >= 15 is 0 Å². The molecule has 308 valence electrons. The first kappa shape index (κ1) is 42.6. The monoisotopic (exact) mass is 832 g/mol. The summed E-state index contributed by atoms with van der Waals surface area (Å²) in [7, 11) is 0. The number of hydrogen-bond acceptors (Lipinski definition) is 5. The number of amides is 2. The maximum absolute atomic E-state index is 14.3. The van der Waals surface area contributed by atoms with E-state index in [1.165, 1.54) is 122 Å². The van der Waals surface area contributed by atoms with Crippen molar-refractivity contribution < 1.29 is 9.59 Å². The molecule has 1 aliphatic heterocycles. The van der Waals surface area contributed by atoms with Gasteiger partial charge in [0.2, 0.25) is 0 Å². The zero-order valence-corrected chi connectivity index (χ0v) is 37.9. The highest BCUT2D eigenvalue weighted by Gasteiger charge is 2.43. The van der Waals surface area contributed by atoms with Crippen LogP contribution >= 0.6 is 34.0 Å². The number of benzene rings is 2. The van der Waals surface area contributed by atoms with Crippen LogP contribution in [0.15, 0.2) is 72.1 Å². The Morgan fingerprint density at radius 1 is 0.552 bits per heavy atom. The third-order valence-electron chi connectivity index (χ3n) is 12.5. The highest BCUT2D eigenvalue weighted by atomic mass is 32.1. The average molecular weight is 833 g/mol. The summed E-state index contributed by atoms with van der Waals surface area (Å²) in [4.78, 5) is 35.2. The minimum atomic E-state index is -0.119. The van der Waals surface area contributed by atoms with Gasteiger partial charge in [-0.3, -0.25) is 14.5 Å². The van der Waals surface area contributed by atoms with Crippen LogP contribution in [-0.2, 0) is 0 Å². The molecule has 0 aliphatic carbocycles. The van der Waals surface area contributed by atoms with Gasteiger partial charge in [0.1, 0.15) is 0 Å². The van der Waals surface area contributed by atoms with Crippen LogP contribution in [0.4, 0.5) is 0 Å². The SMILES string of the molecule is CCCCCCCCC(CCCCCCCC)n1c2ccccc2c2ccc(-c3ccc(-c4sc(-c5cccs5)c5c4C(=O)N(CC(CC)CCCC)C5=O)s3)cc21. The van der Waals surface area contributed by atoms with E-state index in [4.69, 9.17) is 0 Å². The van der Waals surface area contributed by atoms with E-state index in [1.807, 2.05) is 6.07 Å². The quantitative estimate of drug-likeness (QED) is 0.0450. The second-order valence-electron chi connectivity index (χ2n) is 16.7. The minimum Gasteiger partial charge on any atom is -0.337 e. The zero-order valence-electron chi connectivity index (χ0n) is 35.5. The Morgan fingerprint density at radius 2 is 1.17 bits per heavy atom. The van der Waals surface area contributed by atoms with Crippen LogP contribution in [-0.4, -0.2) is 27.8 Å². The fraction of sp³-hybridized carbons (Fsp3) is 0.490. The van der Waals surface area contributed by atoms with Gasteiger partial charge in [-0.1, -0.05) is 160 Å². The lowest BCUT2D eigenvalue weighted by Gasteiger charge is -2.22. The van der Waals surface area contributed by atoms with Gasteiger partial charge in [-0.2, -0.15) is 0 Å². The number of thiophene rings is 3. The van der Waals surface area contributed by atoms with E-state index in [0.717, 1.165) is 45.2 Å². The maximum Gasteiger partial charge on any atom is 0.263 e. The molecule has 0 radical (unpaired) electrons. The summed E-state index contributed by atoms with van der Waals surface area (Å²) in [6, 6.07) is 25.1. The lowest BCUT2D eigenvalue weighted by atomic mass is 9.99. The predicted molar refractivity (Wildman–Crippen MR) is 253 cm³/mol. The van der Waals surface area contributed by atoms with Crippen molar-refractivity contribution in [1.82, 2.24) is 9.47 Å². The highest BCUT2D eigenvalue weighted by molar-refractivity contribution is 7.27. The molecule has 2 amide bonds. The molecule has 0 saturated carbocycles. The van der Waals surface area contributed by atoms with E-state index in [1.54, 1.807) is 38.9 Å². The summed E-state index contributed by atoms with van der Waals surface area (Å²) in [5.74, 6) is 0.0863. The molecule has 7 heteroatoms. The Labute approximate surface area is 359 Å². The number of aromatic nitrogens is 1. The van der Waals surface area contributed by atoms with E-state index < -0.39 is 0 Å². The Bertz CT molecular complexity index is 2240. The second kappa shape index (κ2) is 20.6. The van der Waals surface area contributed by atoms with Crippen molar-refractivity contribution in [3.8, 4) is 29.9 Å². The number of imide groups is 1. The number of para-hydroxylation sites is 1. The van der Waals surface area contributed by atoms with Crippen molar-refractivity contribution in [2.45, 2.75) is 149 Å². The summed E-state index contributed by atoms with van der Waals surface area (Å²) in [6.45, 7) is 9.48. The van der Waals surface area contributed by atoms with Gasteiger partial charge < -0.3 is 4.57 Å². The molecule has 0 N–H and O–H groups in total. The fourth-order valence-corrected chi connectivity index (χ4v) is 12.4. The van der Waals surface area contributed by atoms with Crippen molar-refractivity contribution in [1.29, 1.82) is 0 Å². The molecule has 0 spiro atoms. The highest BCUT2D eigenvalue weighted by Crippen LogP contribution is 2.50. The third kappa shape index (κ3) is 9.27. The molecule has 4 nitrogen and oxygen atoms in total. The van der Waals surface area contributed by atoms with Crippen LogP contribution in [0.2, 0.25) is 0 Å². The molecule has 0 fully saturated rings. The van der Waals surface area contributed by atoms with Crippen molar-refractivity contribution in [3.63, 3.8) is 0 Å². The first-order valence-electron chi connectivity index (χ1n) is 22.7. The van der Waals surface area contributed by atoms with Gasteiger partial charge >= 0.3 is 0 Å². The summed E-state index contributed by atoms with van der Waals surface area (Å²) in [5.41, 5.74) is 5.12. The molecule has 58 heavy (non-hydrogen) atoms. The van der Waals surface area contributed by atoms with Crippen molar-refractivity contribution >= 4 is 67.6 Å². The number of unbranched alkanes of at least 4 members (excludes halogenated alkanes) is 11. The lowest BCUT2D eigenvalue weighted by Crippen LogP contribution is -2.34. The van der Waals surface area contributed by atoms with Gasteiger partial charge in [0.15, 0.2) is 0 Å². The number of carbonyl (C=O) groups is 2. The summed E-state index contributed by atoms with van der Waals surface area (Å²) < 4.78 is 2.71. The van der Waals surface area contributed by atoms with Crippen molar-refractivity contribution in [2.24, 2.45) is 5.92 Å². The molecule has 0 bridgehead atoms. The van der Waals surface area contributed by atoms with Gasteiger partial charge in [-0.15, -0.1) is 34.0 Å². The van der Waals surface area contributed by atoms with Crippen LogP contribution in [0.1, 0.15) is 170 Å². The molecule has 1 aliphatic rings. The number of nitrogens with zero attached hydrogens (tertiary/aromatic N) is 2. The molecule has 1 atom stereocenters. The van der Waals surface area contributed by atoms with Gasteiger partial charge in [-0.25, -0.2) is 0 Å². The molecule has 6 aromatic rings. The first-order valence-corrected chi connectivity index (χ1v) is 25.2. The molecular weight excluding hydrogens is 769 g/mol. The fourth-order valence-electron chi connectivity index (χ4n) is 9.18. The van der Waals surface area contributed by atoms with E-state index in [9.17, 15) is 9.59 Å². The standard InChI is InChI=1S/C51H64N2O2S3/c1-5-9-12-14-16-18-24-38(25-19-17-15-13-10-6-2)53-41-27-21-20-26-39(41)40-30-29-37(34-42(40)53)43-31-32-45(57-43)49-47-46(48(58-49)44-28-22-33-56-44)50(54)52(51(47)55)35-36(8-4)23-11-7-3/h20-22,26-34,36,38H,5-19,23-25,35H2,1-4H3. The molecule has 2 aromatic carbocycles. The second-order valence-corrected chi connectivity index (χ2v) is 19.7. The lowest BCUT2D eigenvalue weighted by molar-refractivity contribution is 0.0624. The van der Waals surface area contributed by atoms with Crippen molar-refractivity contribution in [3.05, 3.63) is 83.2 Å². The smallest absolute Gasteiger partial charge is 0.263 e. The molecule has 7 rings (SSSR count). The molecule has 5 heterocycles. The first-order chi connectivity index (χ1) is 28.5. The molecule has 0 saturated heterocycles. The van der Waals surface area contributed by atoms with Gasteiger partial charge in [-0.05, 0) is 66.5 Å². The van der Waals surface area contributed by atoms with E-state index in [-0.39, 0.29) is 11.8 Å². The third-order valence-corrected chi connectivity index (χ3v) is 16.1. The van der Waals surface area contributed by atoms with Crippen LogP contribution in [0, 0.1) is 5.92 Å². The maximum atomic E-state index is 14.3. The van der Waals surface area contributed by atoms with E-state index in [2.05, 4.69) is 98.3 Å². The number of carbonyl (C=O) groups excluding carboxylic acids is 2. The van der Waals surface area contributed by atoms with Gasteiger partial charge in [0.05, 0.1) is 26.4 Å². The number of hydrogen-bond donors (Lipinski definition) is 0. The summed E-state index contributed by atoms with van der Waals surface area (Å²) in [5, 5.41) is 4.73. The normalized spacial score (nSPS) is 13.6. The van der Waals surface area contributed by atoms with Gasteiger partial charge in [0.25, 0.3) is 11.8 Å². The van der Waals surface area contributed by atoms with Crippen LogP contribution in [0.25, 0.3) is 51.8 Å². The molecule has 4 aromatic heterocycles. The Morgan fingerprint density at radius 3 is 1.83 bits per heavy atom. The Hall–Kier alpha value is -3.52.